The number of fused-ring (bicyclic) bond motifs is 2. The summed E-state index contributed by atoms with van der Waals surface area (Å²) in [4.78, 5) is 15.5. The maximum absolute atomic E-state index is 11.0. The number of pyridine rings is 1. The molecule has 0 saturated carbocycles. The molecule has 1 aromatic heterocycles. The van der Waals surface area contributed by atoms with E-state index in [1.807, 2.05) is 42.5 Å². The van der Waals surface area contributed by atoms with Gasteiger partial charge in [-0.2, -0.15) is 0 Å². The molecule has 0 fully saturated rings. The van der Waals surface area contributed by atoms with Crippen molar-refractivity contribution in [3.05, 3.63) is 54.2 Å². The fourth-order valence-electron chi connectivity index (χ4n) is 2.86. The van der Waals surface area contributed by atoms with E-state index < -0.39 is 5.97 Å². The molecule has 0 saturated heterocycles. The first-order valence-electron chi connectivity index (χ1n) is 7.96. The van der Waals surface area contributed by atoms with Crippen molar-refractivity contribution in [3.8, 4) is 11.5 Å². The van der Waals surface area contributed by atoms with Gasteiger partial charge in [0.2, 0.25) is 0 Å². The summed E-state index contributed by atoms with van der Waals surface area (Å²) < 4.78 is 11.1. The predicted octanol–water partition coefficient (Wildman–Crippen LogP) is 3.38. The third-order valence-corrected chi connectivity index (χ3v) is 3.92. The molecule has 126 valence electrons. The van der Waals surface area contributed by atoms with Crippen LogP contribution in [0.5, 0.6) is 11.5 Å². The summed E-state index contributed by atoms with van der Waals surface area (Å²) in [5.74, 6) is 0.511. The number of carboxylic acids is 1. The standard InChI is InChI=1S/C19H16N2O4/c22-19(23)11-13-9-16(14-3-1-2-4-15(14)21-13)20-12-5-6-17-18(10-12)25-8-7-24-17/h1-6,9-10H,7-8,11H2,(H,20,21)(H,22,23). The second kappa shape index (κ2) is 6.32. The van der Waals surface area contributed by atoms with Crippen LogP contribution in [0.3, 0.4) is 0 Å². The SMILES string of the molecule is O=C(O)Cc1cc(Nc2ccc3c(c2)OCCO3)c2ccccc2n1. The van der Waals surface area contributed by atoms with Gasteiger partial charge in [0.05, 0.1) is 17.6 Å². The van der Waals surface area contributed by atoms with E-state index in [1.165, 1.54) is 0 Å². The Labute approximate surface area is 144 Å². The van der Waals surface area contributed by atoms with E-state index in [9.17, 15) is 4.79 Å². The number of anilines is 2. The van der Waals surface area contributed by atoms with E-state index in [0.717, 1.165) is 28.0 Å². The van der Waals surface area contributed by atoms with Crippen molar-refractivity contribution < 1.29 is 19.4 Å². The summed E-state index contributed by atoms with van der Waals surface area (Å²) in [6.45, 7) is 1.07. The summed E-state index contributed by atoms with van der Waals surface area (Å²) in [5.41, 5.74) is 2.90. The van der Waals surface area contributed by atoms with Gasteiger partial charge in [-0.3, -0.25) is 9.78 Å². The van der Waals surface area contributed by atoms with Crippen LogP contribution in [0.25, 0.3) is 10.9 Å². The quantitative estimate of drug-likeness (QED) is 0.760. The highest BCUT2D eigenvalue weighted by atomic mass is 16.6. The molecule has 2 aromatic carbocycles. The molecule has 0 aliphatic carbocycles. The van der Waals surface area contributed by atoms with Crippen LogP contribution >= 0.6 is 0 Å². The minimum absolute atomic E-state index is 0.124. The Kier molecular flexibility index (Phi) is 3.85. The number of aromatic nitrogens is 1. The number of benzene rings is 2. The third kappa shape index (κ3) is 3.19. The molecule has 0 atom stereocenters. The molecule has 1 aliphatic rings. The maximum Gasteiger partial charge on any atom is 0.309 e. The Morgan fingerprint density at radius 3 is 2.72 bits per heavy atom. The van der Waals surface area contributed by atoms with Crippen molar-refractivity contribution >= 4 is 28.2 Å². The number of nitrogens with zero attached hydrogens (tertiary/aromatic N) is 1. The van der Waals surface area contributed by atoms with E-state index >= 15 is 0 Å². The summed E-state index contributed by atoms with van der Waals surface area (Å²) in [5, 5.41) is 13.3. The minimum atomic E-state index is -0.909. The normalized spacial score (nSPS) is 12.8. The average Bonchev–Trinajstić information content (AvgIpc) is 2.61. The molecule has 0 unspecified atom stereocenters. The van der Waals surface area contributed by atoms with Crippen LogP contribution < -0.4 is 14.8 Å². The zero-order valence-electron chi connectivity index (χ0n) is 13.4. The Balaban J connectivity index is 1.73. The maximum atomic E-state index is 11.0. The van der Waals surface area contributed by atoms with Crippen molar-refractivity contribution in [2.45, 2.75) is 6.42 Å². The average molecular weight is 336 g/mol. The Bertz CT molecular complexity index is 955. The zero-order valence-corrected chi connectivity index (χ0v) is 13.4. The number of hydrogen-bond donors (Lipinski definition) is 2. The minimum Gasteiger partial charge on any atom is -0.486 e. The van der Waals surface area contributed by atoms with Crippen LogP contribution in [0.2, 0.25) is 0 Å². The molecule has 0 spiro atoms. The van der Waals surface area contributed by atoms with Crippen LogP contribution in [-0.4, -0.2) is 29.3 Å². The van der Waals surface area contributed by atoms with Crippen molar-refractivity contribution in [1.29, 1.82) is 0 Å². The number of carboxylic acid groups (broad SMARTS) is 1. The number of rotatable bonds is 4. The number of ether oxygens (including phenoxy) is 2. The van der Waals surface area contributed by atoms with E-state index in [2.05, 4.69) is 10.3 Å². The molecule has 2 heterocycles. The number of carbonyl (C=O) groups is 1. The van der Waals surface area contributed by atoms with Crippen LogP contribution in [-0.2, 0) is 11.2 Å². The summed E-state index contributed by atoms with van der Waals surface area (Å²) in [6, 6.07) is 15.0. The first kappa shape index (κ1) is 15.3. The van der Waals surface area contributed by atoms with Crippen LogP contribution in [0.1, 0.15) is 5.69 Å². The summed E-state index contributed by atoms with van der Waals surface area (Å²) in [7, 11) is 0. The molecule has 0 bridgehead atoms. The van der Waals surface area contributed by atoms with Gasteiger partial charge in [-0.15, -0.1) is 0 Å². The van der Waals surface area contributed by atoms with Gasteiger partial charge in [0.25, 0.3) is 0 Å². The second-order valence-electron chi connectivity index (χ2n) is 5.73. The van der Waals surface area contributed by atoms with Gasteiger partial charge in [-0.05, 0) is 24.3 Å². The van der Waals surface area contributed by atoms with E-state index in [1.54, 1.807) is 6.07 Å². The molecule has 3 aromatic rings. The Morgan fingerprint density at radius 2 is 1.88 bits per heavy atom. The van der Waals surface area contributed by atoms with Gasteiger partial charge in [0.15, 0.2) is 11.5 Å². The highest BCUT2D eigenvalue weighted by molar-refractivity contribution is 5.93. The summed E-state index contributed by atoms with van der Waals surface area (Å²) in [6.07, 6.45) is -0.124. The van der Waals surface area contributed by atoms with Crippen molar-refractivity contribution in [1.82, 2.24) is 4.98 Å². The van der Waals surface area contributed by atoms with Gasteiger partial charge in [0, 0.05) is 22.8 Å². The predicted molar refractivity (Wildman–Crippen MR) is 93.8 cm³/mol. The molecule has 0 amide bonds. The molecule has 1 aliphatic heterocycles. The van der Waals surface area contributed by atoms with E-state index in [4.69, 9.17) is 14.6 Å². The zero-order chi connectivity index (χ0) is 17.2. The monoisotopic (exact) mass is 336 g/mol. The molecule has 6 heteroatoms. The lowest BCUT2D eigenvalue weighted by molar-refractivity contribution is -0.136. The van der Waals surface area contributed by atoms with Gasteiger partial charge in [-0.25, -0.2) is 0 Å². The summed E-state index contributed by atoms with van der Waals surface area (Å²) >= 11 is 0. The lowest BCUT2D eigenvalue weighted by Gasteiger charge is -2.19. The first-order valence-corrected chi connectivity index (χ1v) is 7.96. The number of nitrogens with one attached hydrogen (secondary N) is 1. The Morgan fingerprint density at radius 1 is 1.08 bits per heavy atom. The fraction of sp³-hybridized carbons (Fsp3) is 0.158. The van der Waals surface area contributed by atoms with E-state index in [-0.39, 0.29) is 6.42 Å². The van der Waals surface area contributed by atoms with Gasteiger partial charge < -0.3 is 19.9 Å². The van der Waals surface area contributed by atoms with Gasteiger partial charge >= 0.3 is 5.97 Å². The van der Waals surface area contributed by atoms with Gasteiger partial charge in [0.1, 0.15) is 13.2 Å². The highest BCUT2D eigenvalue weighted by Crippen LogP contribution is 2.34. The van der Waals surface area contributed by atoms with E-state index in [0.29, 0.717) is 24.7 Å². The largest absolute Gasteiger partial charge is 0.486 e. The third-order valence-electron chi connectivity index (χ3n) is 3.92. The molecule has 25 heavy (non-hydrogen) atoms. The van der Waals surface area contributed by atoms with Crippen LogP contribution in [0.4, 0.5) is 11.4 Å². The van der Waals surface area contributed by atoms with Crippen molar-refractivity contribution in [3.63, 3.8) is 0 Å². The van der Waals surface area contributed by atoms with Crippen molar-refractivity contribution in [2.75, 3.05) is 18.5 Å². The lowest BCUT2D eigenvalue weighted by atomic mass is 10.1. The van der Waals surface area contributed by atoms with Crippen LogP contribution in [0, 0.1) is 0 Å². The topological polar surface area (TPSA) is 80.7 Å². The van der Waals surface area contributed by atoms with Gasteiger partial charge in [-0.1, -0.05) is 18.2 Å². The first-order chi connectivity index (χ1) is 12.2. The lowest BCUT2D eigenvalue weighted by Crippen LogP contribution is -2.15. The van der Waals surface area contributed by atoms with Crippen LogP contribution in [0.15, 0.2) is 48.5 Å². The molecular weight excluding hydrogens is 320 g/mol. The molecule has 4 rings (SSSR count). The number of aliphatic carboxylic acids is 1. The Hall–Kier alpha value is -3.28. The van der Waals surface area contributed by atoms with Crippen molar-refractivity contribution in [2.24, 2.45) is 0 Å². The highest BCUT2D eigenvalue weighted by Gasteiger charge is 2.13. The second-order valence-corrected chi connectivity index (χ2v) is 5.73. The molecular formula is C19H16N2O4. The number of hydrogen-bond acceptors (Lipinski definition) is 5. The fourth-order valence-corrected chi connectivity index (χ4v) is 2.86. The number of para-hydroxylation sites is 1. The molecule has 0 radical (unpaired) electrons. The molecule has 2 N–H and O–H groups in total. The molecule has 6 nitrogen and oxygen atoms in total. The smallest absolute Gasteiger partial charge is 0.309 e.